The third kappa shape index (κ3) is 2.69. The van der Waals surface area contributed by atoms with Crippen molar-refractivity contribution >= 4 is 21.8 Å². The molecule has 1 fully saturated rings. The molecule has 1 heterocycles. The highest BCUT2D eigenvalue weighted by Gasteiger charge is 2.31. The van der Waals surface area contributed by atoms with Crippen molar-refractivity contribution in [2.24, 2.45) is 5.73 Å². The van der Waals surface area contributed by atoms with E-state index in [1.165, 1.54) is 5.56 Å². The van der Waals surface area contributed by atoms with Crippen LogP contribution >= 0.6 is 15.9 Å². The molecule has 1 saturated heterocycles. The first-order valence-corrected chi connectivity index (χ1v) is 6.70. The predicted octanol–water partition coefficient (Wildman–Crippen LogP) is 2.46. The summed E-state index contributed by atoms with van der Waals surface area (Å²) in [5.41, 5.74) is 6.87. The molecule has 2 N–H and O–H groups in total. The quantitative estimate of drug-likeness (QED) is 0.911. The number of likely N-dealkylation sites (tertiary alicyclic amines) is 1. The summed E-state index contributed by atoms with van der Waals surface area (Å²) < 4.78 is 1.05. The molecular formula is C13H17BrN2O. The van der Waals surface area contributed by atoms with E-state index in [1.54, 1.807) is 6.92 Å². The summed E-state index contributed by atoms with van der Waals surface area (Å²) in [5.74, 6) is 0.0486. The van der Waals surface area contributed by atoms with Gasteiger partial charge < -0.3 is 10.6 Å². The summed E-state index contributed by atoms with van der Waals surface area (Å²) in [6.45, 7) is 2.57. The van der Waals surface area contributed by atoms with Gasteiger partial charge in [0, 0.05) is 11.0 Å². The molecule has 1 amide bonds. The highest BCUT2D eigenvalue weighted by atomic mass is 79.9. The van der Waals surface area contributed by atoms with Crippen molar-refractivity contribution in [1.82, 2.24) is 4.90 Å². The molecule has 3 nitrogen and oxygen atoms in total. The number of carbonyl (C=O) groups excluding carboxylic acids is 1. The second-order valence-corrected chi connectivity index (χ2v) is 5.45. The van der Waals surface area contributed by atoms with E-state index in [0.717, 1.165) is 23.9 Å². The molecule has 0 bridgehead atoms. The highest BCUT2D eigenvalue weighted by molar-refractivity contribution is 9.10. The van der Waals surface area contributed by atoms with E-state index >= 15 is 0 Å². The summed E-state index contributed by atoms with van der Waals surface area (Å²) in [4.78, 5) is 13.9. The first-order valence-electron chi connectivity index (χ1n) is 5.91. The number of hydrogen-bond acceptors (Lipinski definition) is 2. The van der Waals surface area contributed by atoms with Crippen LogP contribution in [-0.4, -0.2) is 23.4 Å². The van der Waals surface area contributed by atoms with Crippen LogP contribution in [0.25, 0.3) is 0 Å². The average Bonchev–Trinajstić information content (AvgIpc) is 2.76. The number of hydrogen-bond donors (Lipinski definition) is 1. The first kappa shape index (κ1) is 12.6. The molecule has 1 aliphatic rings. The Bertz CT molecular complexity index is 420. The van der Waals surface area contributed by atoms with E-state index in [2.05, 4.69) is 28.1 Å². The van der Waals surface area contributed by atoms with Gasteiger partial charge in [-0.3, -0.25) is 4.79 Å². The van der Waals surface area contributed by atoms with Crippen LogP contribution in [0.3, 0.4) is 0 Å². The van der Waals surface area contributed by atoms with Gasteiger partial charge in [-0.25, -0.2) is 0 Å². The molecular weight excluding hydrogens is 280 g/mol. The van der Waals surface area contributed by atoms with E-state index in [0.29, 0.717) is 0 Å². The number of carbonyl (C=O) groups is 1. The monoisotopic (exact) mass is 296 g/mol. The summed E-state index contributed by atoms with van der Waals surface area (Å²) in [5, 5.41) is 0. The molecule has 2 atom stereocenters. The molecule has 2 unspecified atom stereocenters. The standard InChI is InChI=1S/C13H17BrN2O/c1-9(15)13(17)16-7-3-6-12(16)10-4-2-5-11(14)8-10/h2,4-5,8-9,12H,3,6-7,15H2,1H3. The van der Waals surface area contributed by atoms with E-state index in [-0.39, 0.29) is 11.9 Å². The lowest BCUT2D eigenvalue weighted by atomic mass is 10.0. The average molecular weight is 297 g/mol. The Morgan fingerprint density at radius 3 is 3.00 bits per heavy atom. The molecule has 0 saturated carbocycles. The molecule has 2 rings (SSSR count). The summed E-state index contributed by atoms with van der Waals surface area (Å²) in [6, 6.07) is 7.93. The number of amides is 1. The summed E-state index contributed by atoms with van der Waals surface area (Å²) in [7, 11) is 0. The van der Waals surface area contributed by atoms with E-state index in [4.69, 9.17) is 5.73 Å². The van der Waals surface area contributed by atoms with Gasteiger partial charge in [0.2, 0.25) is 5.91 Å². The van der Waals surface area contributed by atoms with Gasteiger partial charge in [0.1, 0.15) is 0 Å². The van der Waals surface area contributed by atoms with Crippen molar-refractivity contribution in [3.8, 4) is 0 Å². The van der Waals surface area contributed by atoms with Crippen LogP contribution in [0.1, 0.15) is 31.4 Å². The minimum absolute atomic E-state index is 0.0486. The molecule has 0 aliphatic carbocycles. The molecule has 0 radical (unpaired) electrons. The van der Waals surface area contributed by atoms with Gasteiger partial charge in [0.15, 0.2) is 0 Å². The largest absolute Gasteiger partial charge is 0.334 e. The molecule has 4 heteroatoms. The van der Waals surface area contributed by atoms with Crippen molar-refractivity contribution in [1.29, 1.82) is 0 Å². The molecule has 1 aromatic rings. The summed E-state index contributed by atoms with van der Waals surface area (Å²) >= 11 is 3.47. The van der Waals surface area contributed by atoms with Crippen LogP contribution < -0.4 is 5.73 Å². The van der Waals surface area contributed by atoms with Crippen LogP contribution in [-0.2, 0) is 4.79 Å². The van der Waals surface area contributed by atoms with Crippen molar-refractivity contribution in [3.63, 3.8) is 0 Å². The van der Waals surface area contributed by atoms with E-state index < -0.39 is 6.04 Å². The van der Waals surface area contributed by atoms with Crippen LogP contribution in [0.4, 0.5) is 0 Å². The number of halogens is 1. The lowest BCUT2D eigenvalue weighted by Crippen LogP contribution is -2.41. The van der Waals surface area contributed by atoms with Crippen LogP contribution in [0.2, 0.25) is 0 Å². The zero-order valence-electron chi connectivity index (χ0n) is 9.90. The number of nitrogens with zero attached hydrogens (tertiary/aromatic N) is 1. The third-order valence-corrected chi connectivity index (χ3v) is 3.65. The van der Waals surface area contributed by atoms with Crippen LogP contribution in [0.15, 0.2) is 28.7 Å². The van der Waals surface area contributed by atoms with Crippen molar-refractivity contribution in [2.45, 2.75) is 31.8 Å². The Labute approximate surface area is 110 Å². The fourth-order valence-corrected chi connectivity index (χ4v) is 2.77. The lowest BCUT2D eigenvalue weighted by molar-refractivity contribution is -0.133. The van der Waals surface area contributed by atoms with Crippen molar-refractivity contribution in [3.05, 3.63) is 34.3 Å². The van der Waals surface area contributed by atoms with Gasteiger partial charge in [-0.15, -0.1) is 0 Å². The topological polar surface area (TPSA) is 46.3 Å². The van der Waals surface area contributed by atoms with Gasteiger partial charge in [-0.05, 0) is 37.5 Å². The number of nitrogens with two attached hydrogens (primary N) is 1. The van der Waals surface area contributed by atoms with E-state index in [1.807, 2.05) is 17.0 Å². The molecule has 1 aliphatic heterocycles. The van der Waals surface area contributed by atoms with Crippen molar-refractivity contribution in [2.75, 3.05) is 6.54 Å². The van der Waals surface area contributed by atoms with Crippen LogP contribution in [0, 0.1) is 0 Å². The van der Waals surface area contributed by atoms with Gasteiger partial charge in [0.05, 0.1) is 12.1 Å². The van der Waals surface area contributed by atoms with Gasteiger partial charge in [-0.2, -0.15) is 0 Å². The van der Waals surface area contributed by atoms with Crippen molar-refractivity contribution < 1.29 is 4.79 Å². The highest BCUT2D eigenvalue weighted by Crippen LogP contribution is 2.33. The van der Waals surface area contributed by atoms with Gasteiger partial charge in [-0.1, -0.05) is 28.1 Å². The minimum atomic E-state index is -0.414. The second-order valence-electron chi connectivity index (χ2n) is 4.53. The second kappa shape index (κ2) is 5.19. The fraction of sp³-hybridized carbons (Fsp3) is 0.462. The third-order valence-electron chi connectivity index (χ3n) is 3.16. The fourth-order valence-electron chi connectivity index (χ4n) is 2.35. The maximum Gasteiger partial charge on any atom is 0.239 e. The zero-order valence-corrected chi connectivity index (χ0v) is 11.5. The summed E-state index contributed by atoms with van der Waals surface area (Å²) in [6.07, 6.45) is 2.07. The molecule has 17 heavy (non-hydrogen) atoms. The predicted molar refractivity (Wildman–Crippen MR) is 71.5 cm³/mol. The lowest BCUT2D eigenvalue weighted by Gasteiger charge is -2.26. The van der Waals surface area contributed by atoms with Gasteiger partial charge in [0.25, 0.3) is 0 Å². The Kier molecular flexibility index (Phi) is 3.84. The normalized spacial score (nSPS) is 21.6. The van der Waals surface area contributed by atoms with Gasteiger partial charge >= 0.3 is 0 Å². The number of rotatable bonds is 2. The van der Waals surface area contributed by atoms with E-state index in [9.17, 15) is 4.79 Å². The Morgan fingerprint density at radius 1 is 1.59 bits per heavy atom. The Morgan fingerprint density at radius 2 is 2.35 bits per heavy atom. The van der Waals surface area contributed by atoms with Crippen LogP contribution in [0.5, 0.6) is 0 Å². The maximum atomic E-state index is 12.0. The Hall–Kier alpha value is -0.870. The molecule has 0 aromatic heterocycles. The minimum Gasteiger partial charge on any atom is -0.334 e. The smallest absolute Gasteiger partial charge is 0.239 e. The molecule has 0 spiro atoms. The molecule has 92 valence electrons. The first-order chi connectivity index (χ1) is 8.09. The zero-order chi connectivity index (χ0) is 12.4. The maximum absolute atomic E-state index is 12.0. The SMILES string of the molecule is CC(N)C(=O)N1CCCC1c1cccc(Br)c1. The molecule has 1 aromatic carbocycles. The Balaban J connectivity index is 2.23. The number of benzene rings is 1.